The number of hydrogen-bond acceptors (Lipinski definition) is 42. The van der Waals surface area contributed by atoms with E-state index in [-0.39, 0.29) is 170 Å². The van der Waals surface area contributed by atoms with Crippen molar-refractivity contribution in [2.24, 2.45) is 131 Å². The van der Waals surface area contributed by atoms with Crippen LogP contribution in [0, 0.1) is 17.8 Å². The number of nitrogens with zero attached hydrogens (tertiary/aromatic N) is 6. The second-order valence-corrected chi connectivity index (χ2v) is 32.1. The summed E-state index contributed by atoms with van der Waals surface area (Å²) < 4.78 is 9.76. The lowest BCUT2D eigenvalue weighted by molar-refractivity contribution is -0.237. The van der Waals surface area contributed by atoms with Crippen molar-refractivity contribution in [1.82, 2.24) is 19.6 Å². The number of carboxylic acid groups (broad SMARTS) is 3. The molecule has 0 spiro atoms. The Kier molecular flexibility index (Phi) is 109. The van der Waals surface area contributed by atoms with Gasteiger partial charge in [-0.15, -0.1) is 0 Å². The molecule has 58 heteroatoms. The first kappa shape index (κ1) is 152. The number of carboxylic acids is 3. The van der Waals surface area contributed by atoms with Crippen molar-refractivity contribution in [3.63, 3.8) is 0 Å². The zero-order valence-electron chi connectivity index (χ0n) is 80.8. The molecule has 0 saturated carbocycles. The lowest BCUT2D eigenvalue weighted by atomic mass is 10.0. The van der Waals surface area contributed by atoms with E-state index in [0.29, 0.717) is 133 Å². The average molecular weight is 2090 g/mol. The van der Waals surface area contributed by atoms with Crippen LogP contribution in [0.2, 0.25) is 0 Å². The highest BCUT2D eigenvalue weighted by Crippen LogP contribution is 2.22. The Morgan fingerprint density at radius 3 is 1.16 bits per heavy atom. The maximum Gasteiger partial charge on any atom is 0.321 e. The Hall–Kier alpha value is -9.89. The summed E-state index contributed by atoms with van der Waals surface area (Å²) in [4.78, 5) is 238. The third kappa shape index (κ3) is 98.1. The summed E-state index contributed by atoms with van der Waals surface area (Å²) in [6, 6.07) is -2.99. The number of primary amides is 5. The van der Waals surface area contributed by atoms with Crippen molar-refractivity contribution >= 4 is 207 Å². The first-order valence-electron chi connectivity index (χ1n) is 43.3. The minimum Gasteiger partial charge on any atom is -0.481 e. The number of carbonyl (C=O) groups is 22. The normalized spacial score (nSPS) is 17.7. The van der Waals surface area contributed by atoms with Crippen LogP contribution in [0.15, 0.2) is 9.98 Å². The molecule has 13 unspecified atom stereocenters. The Labute approximate surface area is 838 Å². The number of hydrogen-bond donors (Lipinski definition) is 28. The molecule has 0 aromatic rings. The van der Waals surface area contributed by atoms with Crippen LogP contribution in [0.5, 0.6) is 0 Å². The van der Waals surface area contributed by atoms with Crippen LogP contribution >= 0.6 is 63.1 Å². The molecule has 0 aromatic heterocycles. The molecular weight excluding hydrogens is 1930 g/mol. The standard InChI is InChI=1S/C7H13NO5.C7H9NO3.2C6H14N4O.C6H7NO3S.C6H9NO2S.C6H9NO2.2C6H13NO2.2C5H11NO.2C3H8N2O.C3H7NO2S.2C3H7NOS/c1-12-4-2-3(9)5(10)6(13-4)7(8)11;1-5-4-6(10)8(2-3-9)7(5)11;7-5(4-11)2-1-3-10-6(8)9;7-5(11)3-1-2-4-10-6(8)9;8-2-1-7-5(9)3-4(11)6(7)10;1-2-7-5(8)3-4(10)6(7)9;1-2-7-5(8)3-4-6(7)9;1-2-3-4-5(7)6(8)9;7-5-3-1-2-4-6(8)9;1-4(2)5(6)3-7;1-4(2)3-5(6)7;4-1-3(5)2-6;4-2-1-3(5)6;4-2(1-7)3(5)6;4-3(1-5)2-6;4-3(5)1-2-6/h3-6,9-10H,2H2,1H3,(H2,8,11);3,5H,2,4H2,1H3;4-5H,1-3,7H2,(H4,8,9,10);1-4H2,(H2,7,11)(H4,8,9,10);2,4,11H,1,3H2;4,10H,2-3H2,1H3;2-4H2,1H3;5H,2-4,7H2,1H3,(H,8,9);1-5,7H2,(H,8,9);3-5H,6H2,1-2H3;4H,3H2,1-2H3,(H2,6,7);2-3H,1,4-5H2;1-2,4H2,(H2,5,6);2,7H,1,4H2,(H,5,6);1,3,6H,2,4H2;6H,1-2H2,(H2,4,5). The predicted octanol–water partition coefficient (Wildman–Crippen LogP) is -7.80. The van der Waals surface area contributed by atoms with Crippen molar-refractivity contribution in [2.75, 3.05) is 83.3 Å². The van der Waals surface area contributed by atoms with Crippen LogP contribution in [0.25, 0.3) is 0 Å². The number of likely N-dealkylation sites (tertiary alicyclic amines) is 4. The number of rotatable bonds is 41. The Balaban J connectivity index is -0.000000140. The number of ether oxygens (including phenoxy) is 2. The lowest BCUT2D eigenvalue weighted by Crippen LogP contribution is -2.54. The second-order valence-electron chi connectivity index (χ2n) is 29.7. The number of aliphatic hydroxyl groups excluding tert-OH is 2. The predicted molar refractivity (Wildman–Crippen MR) is 536 cm³/mol. The minimum absolute atomic E-state index is 0.0255. The highest BCUT2D eigenvalue weighted by atomic mass is 32.1. The summed E-state index contributed by atoms with van der Waals surface area (Å²) >= 11 is 19.0. The van der Waals surface area contributed by atoms with E-state index in [0.717, 1.165) is 73.7 Å². The van der Waals surface area contributed by atoms with Crippen LogP contribution in [-0.2, 0) is 115 Å². The van der Waals surface area contributed by atoms with Crippen LogP contribution in [0.1, 0.15) is 190 Å². The largest absolute Gasteiger partial charge is 0.481 e. The maximum atomic E-state index is 11.1. The SMILES string of the molecule is CC(C)C(N)C=O.CC(C)CC(N)=O.CC1CC(=O)N(CC=O)C1=O.CCCCC(N)C(=O)O.CCN1C(=O)CC(S)C1=O.CCN1C(=O)CCC1=O.COC1CC(O)C(O)C(C(N)=O)O1.NC(=O)CCCCN=C(N)N.NC(=O)CCS.NC(C=O)CS.NC(CS)C(=O)O.NC(N)=NCCCC(N)C=O.NCC(N)C=O.NCCC(N)=O.NCCCCCC(=O)O.O=CCN1C(=O)CC(S)C1=O. The molecule has 0 aliphatic carbocycles. The number of thiol groups is 5. The van der Waals surface area contributed by atoms with E-state index in [4.69, 9.17) is 122 Å². The van der Waals surface area contributed by atoms with E-state index in [1.807, 2.05) is 34.6 Å². The highest BCUT2D eigenvalue weighted by Gasteiger charge is 2.41. The number of amides is 13. The Morgan fingerprint density at radius 2 is 0.928 bits per heavy atom. The number of aliphatic imine (C=N–C) groups is 2. The van der Waals surface area contributed by atoms with E-state index >= 15 is 0 Å². The van der Waals surface area contributed by atoms with Gasteiger partial charge in [-0.2, -0.15) is 63.1 Å². The van der Waals surface area contributed by atoms with Crippen molar-refractivity contribution in [3.8, 4) is 0 Å². The van der Waals surface area contributed by atoms with Gasteiger partial charge in [0.1, 0.15) is 55.9 Å². The number of imide groups is 4. The van der Waals surface area contributed by atoms with Crippen LogP contribution < -0.4 is 103 Å². The molecule has 808 valence electrons. The van der Waals surface area contributed by atoms with Gasteiger partial charge >= 0.3 is 17.9 Å². The smallest absolute Gasteiger partial charge is 0.321 e. The number of aldehydes is 6. The second kappa shape index (κ2) is 99.7. The van der Waals surface area contributed by atoms with Crippen molar-refractivity contribution in [2.45, 2.75) is 262 Å². The fourth-order valence-corrected chi connectivity index (χ4v) is 9.65. The zero-order chi connectivity index (χ0) is 111. The van der Waals surface area contributed by atoms with Gasteiger partial charge in [0.15, 0.2) is 24.3 Å². The zero-order valence-corrected chi connectivity index (χ0v) is 85.3. The van der Waals surface area contributed by atoms with Gasteiger partial charge in [0.2, 0.25) is 76.8 Å². The summed E-state index contributed by atoms with van der Waals surface area (Å²) in [5, 5.41) is 42.1. The summed E-state index contributed by atoms with van der Waals surface area (Å²) in [5.41, 5.74) is 90.1. The van der Waals surface area contributed by atoms with Crippen LogP contribution in [0.3, 0.4) is 0 Å². The number of aliphatic carboxylic acids is 3. The van der Waals surface area contributed by atoms with Crippen molar-refractivity contribution in [3.05, 3.63) is 0 Å². The molecule has 0 aromatic carbocycles. The topological polar surface area (TPSA) is 1000 Å². The van der Waals surface area contributed by atoms with Crippen LogP contribution in [0.4, 0.5) is 0 Å². The molecule has 139 heavy (non-hydrogen) atoms. The van der Waals surface area contributed by atoms with E-state index < -0.39 is 77.0 Å². The van der Waals surface area contributed by atoms with E-state index in [2.05, 4.69) is 78.9 Å². The van der Waals surface area contributed by atoms with Gasteiger partial charge in [-0.3, -0.25) is 106 Å². The van der Waals surface area contributed by atoms with Crippen molar-refractivity contribution in [1.29, 1.82) is 0 Å². The van der Waals surface area contributed by atoms with E-state index in [1.54, 1.807) is 20.8 Å². The van der Waals surface area contributed by atoms with Gasteiger partial charge in [0.25, 0.3) is 0 Å². The molecule has 13 atom stereocenters. The molecule has 5 saturated heterocycles. The molecule has 5 aliphatic heterocycles. The van der Waals surface area contributed by atoms with Gasteiger partial charge in [-0.1, -0.05) is 60.8 Å². The molecule has 41 N–H and O–H groups in total. The monoisotopic (exact) mass is 2090 g/mol. The fourth-order valence-electron chi connectivity index (χ4n) is 8.60. The first-order valence-corrected chi connectivity index (χ1v) is 46.3. The van der Waals surface area contributed by atoms with E-state index in [9.17, 15) is 116 Å². The first-order chi connectivity index (χ1) is 64.7. The third-order valence-corrected chi connectivity index (χ3v) is 18.2. The van der Waals surface area contributed by atoms with Gasteiger partial charge in [0.05, 0.1) is 53.9 Å². The number of nitrogens with two attached hydrogens (primary N) is 18. The summed E-state index contributed by atoms with van der Waals surface area (Å²) in [6.45, 7) is 18.1. The molecule has 5 heterocycles. The van der Waals surface area contributed by atoms with Crippen molar-refractivity contribution < 1.29 is 140 Å². The lowest BCUT2D eigenvalue weighted by Gasteiger charge is -2.34. The average Bonchev–Trinajstić information content (AvgIpc) is 1.81. The summed E-state index contributed by atoms with van der Waals surface area (Å²) in [5.74, 6) is -4.26. The number of carbonyl (C=O) groups excluding carboxylic acids is 19. The quantitative estimate of drug-likeness (QED) is 0.00675. The molecule has 5 fully saturated rings. The number of aliphatic hydroxyl groups is 2. The number of guanidine groups is 2. The molecule has 5 rings (SSSR count). The Bertz CT molecular complexity index is 3480. The van der Waals surface area contributed by atoms with Gasteiger partial charge in [-0.25, -0.2) is 0 Å². The van der Waals surface area contributed by atoms with Gasteiger partial charge in [0, 0.05) is 134 Å². The molecule has 5 aliphatic rings. The molecule has 0 radical (unpaired) electrons. The van der Waals surface area contributed by atoms with Gasteiger partial charge < -0.3 is 167 Å². The van der Waals surface area contributed by atoms with E-state index in [1.165, 1.54) is 16.9 Å². The minimum atomic E-state index is -1.27. The summed E-state index contributed by atoms with van der Waals surface area (Å²) in [6.07, 6.45) is 11.1. The number of methoxy groups -OCH3 is 1. The summed E-state index contributed by atoms with van der Waals surface area (Å²) in [7, 11) is 1.38. The molecule has 0 bridgehead atoms. The molecule has 13 amide bonds. The van der Waals surface area contributed by atoms with Gasteiger partial charge in [-0.05, 0) is 82.9 Å². The third-order valence-electron chi connectivity index (χ3n) is 16.4. The highest BCUT2D eigenvalue weighted by molar-refractivity contribution is 7.82. The molecule has 53 nitrogen and oxygen atoms in total. The fraction of sp³-hybridized carbons (Fsp3) is 0.704. The maximum absolute atomic E-state index is 11.1. The Morgan fingerprint density at radius 1 is 0.496 bits per heavy atom. The van der Waals surface area contributed by atoms with Crippen LogP contribution in [-0.4, -0.2) is 344 Å². The number of unbranched alkanes of at least 4 members (excludes halogenated alkanes) is 4. The molecular formula is C81H160N24O29S5.